The molecule has 2 amide bonds. The van der Waals surface area contributed by atoms with Crippen LogP contribution in [0.4, 0.5) is 0 Å². The second-order valence-corrected chi connectivity index (χ2v) is 11.0. The molecule has 2 saturated carbocycles. The fourth-order valence-electron chi connectivity index (χ4n) is 6.47. The number of hydrogen-bond donors (Lipinski definition) is 2. The number of carbonyl (C=O) groups excluding carboxylic acids is 2. The number of rotatable bonds is 5. The first kappa shape index (κ1) is 19.4. The molecule has 2 bridgehead atoms. The predicted octanol–water partition coefficient (Wildman–Crippen LogP) is 2.37. The zero-order chi connectivity index (χ0) is 21.4. The van der Waals surface area contributed by atoms with Crippen molar-refractivity contribution in [2.24, 2.45) is 29.6 Å². The van der Waals surface area contributed by atoms with Crippen molar-refractivity contribution in [1.82, 2.24) is 9.88 Å². The number of carboxylic acids is 1. The molecule has 10 heteroatoms. The maximum absolute atomic E-state index is 13.3. The number of H-pyrrole nitrogens is 1. The summed E-state index contributed by atoms with van der Waals surface area (Å²) in [6.07, 6.45) is 2.67. The number of carboxylic acid groups (broad SMARTS) is 1. The third-order valence-electron chi connectivity index (χ3n) is 7.44. The Kier molecular flexibility index (Phi) is 4.27. The monoisotopic (exact) mass is 460 g/mol. The molecule has 2 aromatic heterocycles. The lowest BCUT2D eigenvalue weighted by Gasteiger charge is -2.42. The summed E-state index contributed by atoms with van der Waals surface area (Å²) in [5, 5.41) is 9.89. The predicted molar refractivity (Wildman–Crippen MR) is 111 cm³/mol. The van der Waals surface area contributed by atoms with Crippen LogP contribution in [-0.4, -0.2) is 44.6 Å². The molecule has 2 aliphatic heterocycles. The minimum absolute atomic E-state index is 0.0499. The highest BCUT2D eigenvalue weighted by Gasteiger charge is 2.69. The molecular formula is C21H20N2O6S2. The van der Waals surface area contributed by atoms with Gasteiger partial charge in [-0.2, -0.15) is 0 Å². The van der Waals surface area contributed by atoms with Gasteiger partial charge in [-0.25, -0.2) is 0 Å². The maximum Gasteiger partial charge on any atom is 0.305 e. The summed E-state index contributed by atoms with van der Waals surface area (Å²) in [5.41, 5.74) is 0. The van der Waals surface area contributed by atoms with Crippen LogP contribution in [-0.2, 0) is 14.4 Å². The highest BCUT2D eigenvalue weighted by Crippen LogP contribution is 2.68. The van der Waals surface area contributed by atoms with E-state index in [2.05, 4.69) is 4.98 Å². The van der Waals surface area contributed by atoms with Crippen molar-refractivity contribution in [2.75, 3.05) is 6.54 Å². The van der Waals surface area contributed by atoms with Crippen LogP contribution in [0.5, 0.6) is 0 Å². The number of fused-ring (bicyclic) bond motifs is 9. The largest absolute Gasteiger partial charge is 0.481 e. The zero-order valence-electron chi connectivity index (χ0n) is 16.4. The fourth-order valence-corrected chi connectivity index (χ4v) is 9.34. The molecule has 0 aromatic carbocycles. The Labute approximate surface area is 185 Å². The van der Waals surface area contributed by atoms with Crippen LogP contribution >= 0.6 is 23.1 Å². The van der Waals surface area contributed by atoms with Crippen LogP contribution in [0.25, 0.3) is 0 Å². The summed E-state index contributed by atoms with van der Waals surface area (Å²) in [6.45, 7) is 0.168. The first-order valence-electron chi connectivity index (χ1n) is 10.5. The second kappa shape index (κ2) is 6.83. The summed E-state index contributed by atoms with van der Waals surface area (Å²) < 4.78 is 5.77. The second-order valence-electron chi connectivity index (χ2n) is 8.80. The van der Waals surface area contributed by atoms with Gasteiger partial charge in [-0.1, -0.05) is 11.3 Å². The van der Waals surface area contributed by atoms with Crippen molar-refractivity contribution in [3.05, 3.63) is 38.7 Å². The van der Waals surface area contributed by atoms with Gasteiger partial charge in [-0.3, -0.25) is 24.1 Å². The number of thiazole rings is 1. The molecule has 1 saturated heterocycles. The SMILES string of the molecule is O=C(O)CCCN1C(=O)[C@@H]2[C@H]3C[C@@H]([C@@H]2C1=O)[C@H]1[C@@H](c2ccco2)c2sc(=O)[nH]c2S[C@H]31. The lowest BCUT2D eigenvalue weighted by Crippen LogP contribution is -2.42. The Bertz CT molecular complexity index is 1140. The van der Waals surface area contributed by atoms with Crippen molar-refractivity contribution in [3.63, 3.8) is 0 Å². The summed E-state index contributed by atoms with van der Waals surface area (Å²) >= 11 is 2.85. The summed E-state index contributed by atoms with van der Waals surface area (Å²) in [5.74, 6) is -0.965. The van der Waals surface area contributed by atoms with Gasteiger partial charge < -0.3 is 14.5 Å². The van der Waals surface area contributed by atoms with Gasteiger partial charge in [0, 0.05) is 18.2 Å². The van der Waals surface area contributed by atoms with E-state index in [-0.39, 0.29) is 76.8 Å². The lowest BCUT2D eigenvalue weighted by atomic mass is 9.69. The quantitative estimate of drug-likeness (QED) is 0.657. The maximum atomic E-state index is 13.3. The fraction of sp³-hybridized carbons (Fsp3) is 0.524. The number of likely N-dealkylation sites (tertiary alicyclic amines) is 1. The lowest BCUT2D eigenvalue weighted by molar-refractivity contribution is -0.142. The molecule has 2 N–H and O–H groups in total. The van der Waals surface area contributed by atoms with Gasteiger partial charge in [0.1, 0.15) is 5.76 Å². The molecule has 6 rings (SSSR count). The topological polar surface area (TPSA) is 121 Å². The number of furan rings is 1. The minimum atomic E-state index is -0.928. The minimum Gasteiger partial charge on any atom is -0.481 e. The molecule has 4 heterocycles. The molecule has 162 valence electrons. The van der Waals surface area contributed by atoms with E-state index in [0.717, 1.165) is 22.1 Å². The first-order valence-corrected chi connectivity index (χ1v) is 12.2. The van der Waals surface area contributed by atoms with Crippen LogP contribution in [0.15, 0.2) is 32.6 Å². The van der Waals surface area contributed by atoms with E-state index in [1.165, 1.54) is 16.2 Å². The number of thioether (sulfide) groups is 1. The highest BCUT2D eigenvalue weighted by atomic mass is 32.2. The summed E-state index contributed by atoms with van der Waals surface area (Å²) in [6, 6.07) is 3.76. The molecule has 8 nitrogen and oxygen atoms in total. The molecule has 2 aromatic rings. The Balaban J connectivity index is 1.36. The number of hydrogen-bond acceptors (Lipinski definition) is 7. The first-order chi connectivity index (χ1) is 15.0. The average Bonchev–Trinajstić information content (AvgIpc) is 3.51. The molecule has 0 unspecified atom stereocenters. The third-order valence-corrected chi connectivity index (χ3v) is 10.0. The standard InChI is InChI=1S/C21H20N2O6S2/c24-11(25)4-1-5-23-19(26)13-8-7-9(14(13)20(23)27)16-12(8)15(10-3-2-6-29-10)17-18(30-16)22-21(28)31-17/h2-3,6,8-9,12-16H,1,4-5,7H2,(H,22,28)(H,24,25)/t8-,9-,12+,13+,14-,15-,16-/m1/s1. The van der Waals surface area contributed by atoms with Gasteiger partial charge in [0.05, 0.1) is 33.9 Å². The number of aliphatic carboxylic acids is 1. The normalized spacial score (nSPS) is 35.4. The van der Waals surface area contributed by atoms with Crippen LogP contribution < -0.4 is 4.87 Å². The zero-order valence-corrected chi connectivity index (χ0v) is 18.0. The number of carbonyl (C=O) groups is 3. The number of aromatic nitrogens is 1. The van der Waals surface area contributed by atoms with Gasteiger partial charge in [0.25, 0.3) is 0 Å². The van der Waals surface area contributed by atoms with E-state index >= 15 is 0 Å². The van der Waals surface area contributed by atoms with E-state index < -0.39 is 5.97 Å². The number of aromatic amines is 1. The smallest absolute Gasteiger partial charge is 0.305 e. The van der Waals surface area contributed by atoms with E-state index in [1.807, 2.05) is 12.1 Å². The number of nitrogens with one attached hydrogen (secondary N) is 1. The van der Waals surface area contributed by atoms with Gasteiger partial charge in [0.15, 0.2) is 0 Å². The molecule has 2 aliphatic carbocycles. The van der Waals surface area contributed by atoms with E-state index in [4.69, 9.17) is 9.52 Å². The highest BCUT2D eigenvalue weighted by molar-refractivity contribution is 8.00. The third kappa shape index (κ3) is 2.67. The Morgan fingerprint density at radius 1 is 1.23 bits per heavy atom. The van der Waals surface area contributed by atoms with Crippen molar-refractivity contribution in [3.8, 4) is 0 Å². The van der Waals surface area contributed by atoms with Gasteiger partial charge in [-0.15, -0.1) is 11.8 Å². The van der Waals surface area contributed by atoms with Crippen molar-refractivity contribution < 1.29 is 23.9 Å². The Morgan fingerprint density at radius 3 is 2.71 bits per heavy atom. The number of imide groups is 1. The Morgan fingerprint density at radius 2 is 2.00 bits per heavy atom. The molecule has 3 fully saturated rings. The van der Waals surface area contributed by atoms with E-state index in [1.54, 1.807) is 18.0 Å². The van der Waals surface area contributed by atoms with Crippen molar-refractivity contribution in [2.45, 2.75) is 35.5 Å². The molecule has 0 spiro atoms. The van der Waals surface area contributed by atoms with Crippen molar-refractivity contribution >= 4 is 40.9 Å². The van der Waals surface area contributed by atoms with E-state index in [9.17, 15) is 19.2 Å². The molecular weight excluding hydrogens is 440 g/mol. The molecule has 31 heavy (non-hydrogen) atoms. The van der Waals surface area contributed by atoms with Crippen LogP contribution in [0.2, 0.25) is 0 Å². The van der Waals surface area contributed by atoms with Crippen LogP contribution in [0.1, 0.15) is 35.8 Å². The summed E-state index contributed by atoms with van der Waals surface area (Å²) in [7, 11) is 0. The molecule has 7 atom stereocenters. The summed E-state index contributed by atoms with van der Waals surface area (Å²) in [4.78, 5) is 54.5. The Hall–Kier alpha value is -2.33. The van der Waals surface area contributed by atoms with Gasteiger partial charge >= 0.3 is 10.8 Å². The van der Waals surface area contributed by atoms with Crippen LogP contribution in [0.3, 0.4) is 0 Å². The molecule has 4 aliphatic rings. The van der Waals surface area contributed by atoms with Gasteiger partial charge in [0.2, 0.25) is 11.8 Å². The number of nitrogens with zero attached hydrogens (tertiary/aromatic N) is 1. The van der Waals surface area contributed by atoms with E-state index in [0.29, 0.717) is 0 Å². The number of amides is 2. The van der Waals surface area contributed by atoms with Gasteiger partial charge in [-0.05, 0) is 42.7 Å². The average molecular weight is 461 g/mol. The van der Waals surface area contributed by atoms with Crippen molar-refractivity contribution in [1.29, 1.82) is 0 Å². The molecule has 0 radical (unpaired) electrons. The van der Waals surface area contributed by atoms with Crippen LogP contribution in [0, 0.1) is 29.6 Å².